The summed E-state index contributed by atoms with van der Waals surface area (Å²) in [7, 11) is 0. The van der Waals surface area contributed by atoms with Gasteiger partial charge in [0.05, 0.1) is 14.7 Å². The molecule has 0 saturated heterocycles. The van der Waals surface area contributed by atoms with Crippen molar-refractivity contribution >= 4 is 39.0 Å². The van der Waals surface area contributed by atoms with Gasteiger partial charge in [-0.25, -0.2) is 0 Å². The van der Waals surface area contributed by atoms with Crippen molar-refractivity contribution in [3.63, 3.8) is 0 Å². The molecule has 4 nitrogen and oxygen atoms in total. The summed E-state index contributed by atoms with van der Waals surface area (Å²) in [6.45, 7) is 0. The van der Waals surface area contributed by atoms with Gasteiger partial charge in [-0.15, -0.1) is 11.3 Å². The molecule has 0 fully saturated rings. The minimum atomic E-state index is -0.900. The Morgan fingerprint density at radius 3 is 2.57 bits per heavy atom. The fourth-order valence-electron chi connectivity index (χ4n) is 0.865. The van der Waals surface area contributed by atoms with Crippen molar-refractivity contribution in [1.29, 1.82) is 0 Å². The molecule has 6 heteroatoms. The molecule has 0 aliphatic heterocycles. The highest BCUT2D eigenvalue weighted by Gasteiger charge is 2.16. The molecule has 0 radical (unpaired) electrons. The van der Waals surface area contributed by atoms with Crippen molar-refractivity contribution in [3.8, 4) is 0 Å². The van der Waals surface area contributed by atoms with Crippen LogP contribution in [-0.4, -0.2) is 17.7 Å². The van der Waals surface area contributed by atoms with E-state index in [4.69, 9.17) is 11.5 Å². The van der Waals surface area contributed by atoms with Crippen LogP contribution in [0.5, 0.6) is 0 Å². The fourth-order valence-corrected chi connectivity index (χ4v) is 2.20. The first-order valence-electron chi connectivity index (χ1n) is 3.84. The van der Waals surface area contributed by atoms with E-state index in [9.17, 15) is 9.59 Å². The monoisotopic (exact) mass is 276 g/mol. The number of amides is 1. The Balaban J connectivity index is 2.63. The Morgan fingerprint density at radius 2 is 2.14 bits per heavy atom. The van der Waals surface area contributed by atoms with E-state index in [1.54, 1.807) is 12.1 Å². The van der Waals surface area contributed by atoms with Gasteiger partial charge in [-0.3, -0.25) is 9.59 Å². The molecule has 1 rings (SSSR count). The summed E-state index contributed by atoms with van der Waals surface area (Å²) in [5.74, 6) is -0.819. The standard InChI is InChI=1S/C8H9BrN2O2S/c9-7-2-1-6(14-7)5(12)3-4(10)8(11)13/h1-2,4H,3,10H2,(H2,11,13). The second-order valence-electron chi connectivity index (χ2n) is 2.74. The molecule has 1 aromatic heterocycles. The number of nitrogens with two attached hydrogens (primary N) is 2. The highest BCUT2D eigenvalue weighted by molar-refractivity contribution is 9.11. The van der Waals surface area contributed by atoms with Crippen molar-refractivity contribution < 1.29 is 9.59 Å². The summed E-state index contributed by atoms with van der Waals surface area (Å²) in [4.78, 5) is 22.7. The van der Waals surface area contributed by atoms with E-state index in [-0.39, 0.29) is 12.2 Å². The summed E-state index contributed by atoms with van der Waals surface area (Å²) in [6, 6.07) is 2.56. The third kappa shape index (κ3) is 2.90. The maximum absolute atomic E-state index is 11.5. The van der Waals surface area contributed by atoms with Crippen molar-refractivity contribution in [2.75, 3.05) is 0 Å². The molecule has 0 spiro atoms. The van der Waals surface area contributed by atoms with E-state index in [1.165, 1.54) is 11.3 Å². The zero-order chi connectivity index (χ0) is 10.7. The number of carbonyl (C=O) groups excluding carboxylic acids is 2. The largest absolute Gasteiger partial charge is 0.368 e. The van der Waals surface area contributed by atoms with Gasteiger partial charge in [-0.05, 0) is 28.1 Å². The molecule has 4 N–H and O–H groups in total. The summed E-state index contributed by atoms with van der Waals surface area (Å²) < 4.78 is 0.869. The van der Waals surface area contributed by atoms with Gasteiger partial charge in [0.15, 0.2) is 5.78 Å². The number of thiophene rings is 1. The van der Waals surface area contributed by atoms with Gasteiger partial charge in [-0.2, -0.15) is 0 Å². The molecule has 14 heavy (non-hydrogen) atoms. The lowest BCUT2D eigenvalue weighted by atomic mass is 10.1. The van der Waals surface area contributed by atoms with E-state index in [0.29, 0.717) is 4.88 Å². The molecule has 0 aromatic carbocycles. The number of carbonyl (C=O) groups is 2. The van der Waals surface area contributed by atoms with Crippen molar-refractivity contribution in [1.82, 2.24) is 0 Å². The topological polar surface area (TPSA) is 86.2 Å². The molecule has 1 aromatic rings. The van der Waals surface area contributed by atoms with E-state index < -0.39 is 11.9 Å². The number of ketones is 1. The minimum absolute atomic E-state index is 0.0394. The molecule has 0 aliphatic carbocycles. The van der Waals surface area contributed by atoms with Crippen molar-refractivity contribution in [2.24, 2.45) is 11.5 Å². The molecular formula is C8H9BrN2O2S. The predicted molar refractivity (Wildman–Crippen MR) is 58.1 cm³/mol. The SMILES string of the molecule is NC(=O)C(N)CC(=O)c1ccc(Br)s1. The Labute approximate surface area is 93.4 Å². The second-order valence-corrected chi connectivity index (χ2v) is 5.20. The van der Waals surface area contributed by atoms with Gasteiger partial charge in [-0.1, -0.05) is 0 Å². The number of hydrogen-bond donors (Lipinski definition) is 2. The lowest BCUT2D eigenvalue weighted by Gasteiger charge is -2.03. The predicted octanol–water partition coefficient (Wildman–Crippen LogP) is 0.896. The maximum atomic E-state index is 11.5. The zero-order valence-corrected chi connectivity index (χ0v) is 9.60. The first-order valence-corrected chi connectivity index (χ1v) is 5.45. The van der Waals surface area contributed by atoms with Crippen LogP contribution in [0, 0.1) is 0 Å². The van der Waals surface area contributed by atoms with Crippen LogP contribution < -0.4 is 11.5 Å². The average Bonchev–Trinajstić information content (AvgIpc) is 2.51. The fraction of sp³-hybridized carbons (Fsp3) is 0.250. The Bertz CT molecular complexity index is 364. The van der Waals surface area contributed by atoms with Crippen molar-refractivity contribution in [2.45, 2.75) is 12.5 Å². The van der Waals surface area contributed by atoms with E-state index in [0.717, 1.165) is 3.79 Å². The van der Waals surface area contributed by atoms with Crippen LogP contribution in [-0.2, 0) is 4.79 Å². The molecule has 1 unspecified atom stereocenters. The summed E-state index contributed by atoms with van der Waals surface area (Å²) >= 11 is 4.55. The molecule has 1 amide bonds. The maximum Gasteiger partial charge on any atom is 0.234 e. The van der Waals surface area contributed by atoms with Crippen molar-refractivity contribution in [3.05, 3.63) is 20.8 Å². The van der Waals surface area contributed by atoms with E-state index in [2.05, 4.69) is 15.9 Å². The molecule has 0 bridgehead atoms. The van der Waals surface area contributed by atoms with Gasteiger partial charge in [0.1, 0.15) is 0 Å². The Morgan fingerprint density at radius 1 is 1.50 bits per heavy atom. The zero-order valence-electron chi connectivity index (χ0n) is 7.20. The van der Waals surface area contributed by atoms with Crippen LogP contribution in [0.1, 0.15) is 16.1 Å². The summed E-state index contributed by atoms with van der Waals surface area (Å²) in [6.07, 6.45) is -0.0394. The lowest BCUT2D eigenvalue weighted by molar-refractivity contribution is -0.119. The molecule has 1 atom stereocenters. The van der Waals surface area contributed by atoms with E-state index in [1.807, 2.05) is 0 Å². The van der Waals surface area contributed by atoms with Gasteiger partial charge in [0, 0.05) is 6.42 Å². The number of primary amides is 1. The number of Topliss-reactive ketones (excluding diaryl/α,β-unsaturated/α-hetero) is 1. The number of rotatable bonds is 4. The number of hydrogen-bond acceptors (Lipinski definition) is 4. The van der Waals surface area contributed by atoms with Gasteiger partial charge >= 0.3 is 0 Å². The summed E-state index contributed by atoms with van der Waals surface area (Å²) in [5, 5.41) is 0. The smallest absolute Gasteiger partial charge is 0.234 e. The lowest BCUT2D eigenvalue weighted by Crippen LogP contribution is -2.38. The first kappa shape index (κ1) is 11.4. The molecular weight excluding hydrogens is 268 g/mol. The normalized spacial score (nSPS) is 12.4. The first-order chi connectivity index (χ1) is 6.50. The Kier molecular flexibility index (Phi) is 3.79. The highest BCUT2D eigenvalue weighted by atomic mass is 79.9. The second kappa shape index (κ2) is 4.68. The van der Waals surface area contributed by atoms with Crippen LogP contribution in [0.3, 0.4) is 0 Å². The van der Waals surface area contributed by atoms with Crippen LogP contribution in [0.4, 0.5) is 0 Å². The third-order valence-electron chi connectivity index (χ3n) is 1.62. The third-order valence-corrected chi connectivity index (χ3v) is 3.28. The molecule has 1 heterocycles. The van der Waals surface area contributed by atoms with Crippen LogP contribution in [0.25, 0.3) is 0 Å². The van der Waals surface area contributed by atoms with Gasteiger partial charge in [0.25, 0.3) is 0 Å². The molecule has 0 aliphatic rings. The van der Waals surface area contributed by atoms with Crippen LogP contribution >= 0.6 is 27.3 Å². The van der Waals surface area contributed by atoms with Gasteiger partial charge < -0.3 is 11.5 Å². The highest BCUT2D eigenvalue weighted by Crippen LogP contribution is 2.23. The minimum Gasteiger partial charge on any atom is -0.368 e. The van der Waals surface area contributed by atoms with Crippen LogP contribution in [0.2, 0.25) is 0 Å². The van der Waals surface area contributed by atoms with Gasteiger partial charge in [0.2, 0.25) is 5.91 Å². The van der Waals surface area contributed by atoms with E-state index >= 15 is 0 Å². The molecule has 76 valence electrons. The van der Waals surface area contributed by atoms with Crippen LogP contribution in [0.15, 0.2) is 15.9 Å². The average molecular weight is 277 g/mol. The quantitative estimate of drug-likeness (QED) is 0.801. The number of halogens is 1. The Hall–Kier alpha value is -0.720. The summed E-state index contributed by atoms with van der Waals surface area (Å²) in [5.41, 5.74) is 10.3. The molecule has 0 saturated carbocycles.